The molecule has 0 N–H and O–H groups in total. The molecule has 160 valence electrons. The molecule has 0 saturated heterocycles. The van der Waals surface area contributed by atoms with Gasteiger partial charge in [-0.05, 0) is 65.7 Å². The van der Waals surface area contributed by atoms with Gasteiger partial charge in [-0.3, -0.25) is 0 Å². The molecule has 32 heavy (non-hydrogen) atoms. The molecule has 0 aliphatic carbocycles. The van der Waals surface area contributed by atoms with Crippen LogP contribution in [0.4, 0.5) is 0 Å². The topological polar surface area (TPSA) is 87.0 Å². The molecule has 0 atom stereocenters. The molecule has 7 nitrogen and oxygen atoms in total. The van der Waals surface area contributed by atoms with Crippen LogP contribution in [0.2, 0.25) is 0 Å². The molecule has 0 unspecified atom stereocenters. The van der Waals surface area contributed by atoms with Crippen molar-refractivity contribution in [3.8, 4) is 34.8 Å². The first-order chi connectivity index (χ1) is 15.6. The fraction of sp³-hybridized carbons (Fsp3) is 0.120. The third-order valence-corrected chi connectivity index (χ3v) is 4.80. The minimum absolute atomic E-state index is 0.128. The molecule has 0 saturated carbocycles. The van der Waals surface area contributed by atoms with Gasteiger partial charge in [0.1, 0.15) is 5.75 Å². The number of esters is 1. The molecular weight excluding hydrogens is 410 g/mol. The average molecular weight is 429 g/mol. The Morgan fingerprint density at radius 2 is 1.72 bits per heavy atom. The standard InChI is InChI=1S/C25H19NO6/c1-28-21-8-6-17(12-23(21)29-2)19(14-26)10-16-4-3-5-20(11-16)32-25(27)18-7-9-22-24(13-18)31-15-30-22/h3-13H,15H2,1-2H3/b19-10-. The smallest absolute Gasteiger partial charge is 0.343 e. The molecule has 0 radical (unpaired) electrons. The highest BCUT2D eigenvalue weighted by atomic mass is 16.7. The van der Waals surface area contributed by atoms with E-state index in [9.17, 15) is 10.1 Å². The number of nitriles is 1. The normalized spacial score (nSPS) is 12.1. The zero-order valence-electron chi connectivity index (χ0n) is 17.5. The highest BCUT2D eigenvalue weighted by Crippen LogP contribution is 2.33. The molecule has 4 rings (SSSR count). The van der Waals surface area contributed by atoms with Crippen molar-refractivity contribution < 1.29 is 28.5 Å². The van der Waals surface area contributed by atoms with Crippen LogP contribution in [0, 0.1) is 11.3 Å². The number of ether oxygens (including phenoxy) is 5. The summed E-state index contributed by atoms with van der Waals surface area (Å²) < 4.78 is 26.6. The van der Waals surface area contributed by atoms with Crippen LogP contribution in [0.3, 0.4) is 0 Å². The lowest BCUT2D eigenvalue weighted by Gasteiger charge is -2.09. The molecular formula is C25H19NO6. The van der Waals surface area contributed by atoms with Gasteiger partial charge >= 0.3 is 5.97 Å². The van der Waals surface area contributed by atoms with Crippen LogP contribution < -0.4 is 23.7 Å². The molecule has 1 aliphatic heterocycles. The monoisotopic (exact) mass is 429 g/mol. The SMILES string of the molecule is COc1ccc(/C(C#N)=C\c2cccc(OC(=O)c3ccc4c(c3)OCO4)c2)cc1OC. The lowest BCUT2D eigenvalue weighted by molar-refractivity contribution is 0.0734. The van der Waals surface area contributed by atoms with Crippen molar-refractivity contribution in [2.45, 2.75) is 0 Å². The highest BCUT2D eigenvalue weighted by molar-refractivity contribution is 5.93. The summed E-state index contributed by atoms with van der Waals surface area (Å²) in [5.74, 6) is 2.02. The Morgan fingerprint density at radius 3 is 2.50 bits per heavy atom. The van der Waals surface area contributed by atoms with Crippen LogP contribution in [0.1, 0.15) is 21.5 Å². The lowest BCUT2D eigenvalue weighted by Crippen LogP contribution is -2.08. The summed E-state index contributed by atoms with van der Waals surface area (Å²) in [5.41, 5.74) is 2.14. The molecule has 7 heteroatoms. The number of fused-ring (bicyclic) bond motifs is 1. The number of methoxy groups -OCH3 is 2. The molecule has 0 bridgehead atoms. The summed E-state index contributed by atoms with van der Waals surface area (Å²) in [6, 6.07) is 19.2. The Labute approximate surface area is 185 Å². The summed E-state index contributed by atoms with van der Waals surface area (Å²) in [6.07, 6.45) is 1.71. The fourth-order valence-electron chi connectivity index (χ4n) is 3.21. The second-order valence-corrected chi connectivity index (χ2v) is 6.77. The number of benzene rings is 3. The van der Waals surface area contributed by atoms with E-state index >= 15 is 0 Å². The number of carbonyl (C=O) groups is 1. The molecule has 0 spiro atoms. The van der Waals surface area contributed by atoms with Crippen LogP contribution in [-0.2, 0) is 0 Å². The first-order valence-electron chi connectivity index (χ1n) is 9.67. The van der Waals surface area contributed by atoms with E-state index in [-0.39, 0.29) is 6.79 Å². The van der Waals surface area contributed by atoms with Crippen LogP contribution in [-0.4, -0.2) is 27.0 Å². The number of allylic oxidation sites excluding steroid dienone is 1. The van der Waals surface area contributed by atoms with Gasteiger partial charge in [0.25, 0.3) is 0 Å². The van der Waals surface area contributed by atoms with Gasteiger partial charge in [-0.15, -0.1) is 0 Å². The van der Waals surface area contributed by atoms with E-state index in [1.165, 1.54) is 7.11 Å². The van der Waals surface area contributed by atoms with Crippen molar-refractivity contribution in [1.29, 1.82) is 5.26 Å². The summed E-state index contributed by atoms with van der Waals surface area (Å²) in [5, 5.41) is 9.67. The molecule has 0 fully saturated rings. The van der Waals surface area contributed by atoms with Crippen molar-refractivity contribution >= 4 is 17.6 Å². The van der Waals surface area contributed by atoms with Crippen molar-refractivity contribution in [1.82, 2.24) is 0 Å². The molecule has 1 heterocycles. The van der Waals surface area contributed by atoms with Gasteiger partial charge in [0.15, 0.2) is 23.0 Å². The molecule has 1 aliphatic rings. The zero-order valence-corrected chi connectivity index (χ0v) is 17.5. The maximum absolute atomic E-state index is 12.5. The second kappa shape index (κ2) is 9.14. The van der Waals surface area contributed by atoms with Gasteiger partial charge in [0.2, 0.25) is 6.79 Å². The van der Waals surface area contributed by atoms with E-state index in [1.54, 1.807) is 67.8 Å². The molecule has 0 aromatic heterocycles. The predicted octanol–water partition coefficient (Wildman–Crippen LogP) is 4.72. The summed E-state index contributed by atoms with van der Waals surface area (Å²) in [7, 11) is 3.09. The highest BCUT2D eigenvalue weighted by Gasteiger charge is 2.17. The van der Waals surface area contributed by atoms with Crippen LogP contribution in [0.25, 0.3) is 11.6 Å². The van der Waals surface area contributed by atoms with Gasteiger partial charge in [0, 0.05) is 0 Å². The Kier molecular flexibility index (Phi) is 5.95. The van der Waals surface area contributed by atoms with Crippen molar-refractivity contribution in [3.05, 3.63) is 77.4 Å². The fourth-order valence-corrected chi connectivity index (χ4v) is 3.21. The first kappa shape index (κ1) is 20.8. The predicted molar refractivity (Wildman–Crippen MR) is 117 cm³/mol. The third-order valence-electron chi connectivity index (χ3n) is 4.80. The van der Waals surface area contributed by atoms with Crippen LogP contribution in [0.15, 0.2) is 60.7 Å². The molecule has 3 aromatic carbocycles. The number of carbonyl (C=O) groups excluding carboxylic acids is 1. The van der Waals surface area contributed by atoms with E-state index in [2.05, 4.69) is 6.07 Å². The summed E-state index contributed by atoms with van der Waals surface area (Å²) in [6.45, 7) is 0.128. The minimum atomic E-state index is -0.523. The number of rotatable bonds is 6. The second-order valence-electron chi connectivity index (χ2n) is 6.77. The number of hydrogen-bond donors (Lipinski definition) is 0. The zero-order chi connectivity index (χ0) is 22.5. The summed E-state index contributed by atoms with van der Waals surface area (Å²) >= 11 is 0. The van der Waals surface area contributed by atoms with Crippen molar-refractivity contribution in [3.63, 3.8) is 0 Å². The van der Waals surface area contributed by atoms with Gasteiger partial charge in [0.05, 0.1) is 31.4 Å². The van der Waals surface area contributed by atoms with E-state index in [0.717, 1.165) is 0 Å². The van der Waals surface area contributed by atoms with Crippen LogP contribution >= 0.6 is 0 Å². The number of hydrogen-bond acceptors (Lipinski definition) is 7. The molecule has 0 amide bonds. The van der Waals surface area contributed by atoms with Crippen molar-refractivity contribution in [2.75, 3.05) is 21.0 Å². The van der Waals surface area contributed by atoms with Gasteiger partial charge < -0.3 is 23.7 Å². The lowest BCUT2D eigenvalue weighted by atomic mass is 10.0. The maximum Gasteiger partial charge on any atom is 0.343 e. The maximum atomic E-state index is 12.5. The van der Waals surface area contributed by atoms with E-state index in [4.69, 9.17) is 23.7 Å². The third kappa shape index (κ3) is 4.35. The Balaban J connectivity index is 1.56. The Bertz CT molecular complexity index is 1240. The summed E-state index contributed by atoms with van der Waals surface area (Å²) in [4.78, 5) is 12.5. The van der Waals surface area contributed by atoms with E-state index < -0.39 is 5.97 Å². The van der Waals surface area contributed by atoms with Crippen LogP contribution in [0.5, 0.6) is 28.7 Å². The van der Waals surface area contributed by atoms with E-state index in [1.807, 2.05) is 6.07 Å². The number of nitrogens with zero attached hydrogens (tertiary/aromatic N) is 1. The first-order valence-corrected chi connectivity index (χ1v) is 9.67. The van der Waals surface area contributed by atoms with E-state index in [0.29, 0.717) is 51.0 Å². The molecule has 3 aromatic rings. The largest absolute Gasteiger partial charge is 0.493 e. The van der Waals surface area contributed by atoms with Gasteiger partial charge in [-0.1, -0.05) is 12.1 Å². The van der Waals surface area contributed by atoms with Gasteiger partial charge in [-0.25, -0.2) is 4.79 Å². The van der Waals surface area contributed by atoms with Gasteiger partial charge in [-0.2, -0.15) is 5.26 Å². The Hall–Kier alpha value is -4.44. The Morgan fingerprint density at radius 1 is 0.938 bits per heavy atom. The minimum Gasteiger partial charge on any atom is -0.493 e. The van der Waals surface area contributed by atoms with Crippen molar-refractivity contribution in [2.24, 2.45) is 0 Å². The quantitative estimate of drug-likeness (QED) is 0.243. The average Bonchev–Trinajstić information content (AvgIpc) is 3.30.